The van der Waals surface area contributed by atoms with E-state index in [0.29, 0.717) is 0 Å². The van der Waals surface area contributed by atoms with Gasteiger partial charge in [0.2, 0.25) is 0 Å². The zero-order valence-electron chi connectivity index (χ0n) is 12.3. The van der Waals surface area contributed by atoms with Gasteiger partial charge in [-0.2, -0.15) is 0 Å². The molecule has 104 valence electrons. The van der Waals surface area contributed by atoms with Gasteiger partial charge in [0.05, 0.1) is 0 Å². The van der Waals surface area contributed by atoms with Crippen LogP contribution in [0.5, 0.6) is 0 Å². The molecule has 1 N–H and O–H groups in total. The van der Waals surface area contributed by atoms with Crippen molar-refractivity contribution in [1.82, 2.24) is 0 Å². The molecule has 0 heterocycles. The number of hydrogen-bond donors (Lipinski definition) is 1. The van der Waals surface area contributed by atoms with Crippen molar-refractivity contribution in [2.45, 2.75) is 45.1 Å². The summed E-state index contributed by atoms with van der Waals surface area (Å²) in [4.78, 5) is 0. The maximum absolute atomic E-state index is 10.5. The lowest BCUT2D eigenvalue weighted by Gasteiger charge is -2.26. The standard InChI is InChI=1S/C19H22O/c1-13-10-14(2)12-18(11-13)19(20)17-8-6-16(7-9-17)15-4-3-5-15/h6-12,15,19-20H,3-5H2,1-2H3. The van der Waals surface area contributed by atoms with E-state index in [2.05, 4.69) is 56.3 Å². The van der Waals surface area contributed by atoms with E-state index < -0.39 is 6.10 Å². The predicted molar refractivity (Wildman–Crippen MR) is 83.0 cm³/mol. The summed E-state index contributed by atoms with van der Waals surface area (Å²) in [5.41, 5.74) is 5.79. The average Bonchev–Trinajstić information content (AvgIpc) is 2.35. The zero-order chi connectivity index (χ0) is 14.1. The molecule has 0 saturated heterocycles. The molecule has 20 heavy (non-hydrogen) atoms. The van der Waals surface area contributed by atoms with Crippen molar-refractivity contribution in [2.24, 2.45) is 0 Å². The highest BCUT2D eigenvalue weighted by Gasteiger charge is 2.19. The third-order valence-corrected chi connectivity index (χ3v) is 4.39. The van der Waals surface area contributed by atoms with Gasteiger partial charge >= 0.3 is 0 Å². The van der Waals surface area contributed by atoms with Crippen LogP contribution in [0.25, 0.3) is 0 Å². The molecule has 2 aromatic rings. The van der Waals surface area contributed by atoms with Crippen molar-refractivity contribution >= 4 is 0 Å². The SMILES string of the molecule is Cc1cc(C)cc(C(O)c2ccc(C3CCC3)cc2)c1. The molecule has 1 saturated carbocycles. The number of benzene rings is 2. The summed E-state index contributed by atoms with van der Waals surface area (Å²) in [6.45, 7) is 4.14. The monoisotopic (exact) mass is 266 g/mol. The van der Waals surface area contributed by atoms with Crippen LogP contribution in [0, 0.1) is 13.8 Å². The van der Waals surface area contributed by atoms with Gasteiger partial charge in [-0.25, -0.2) is 0 Å². The van der Waals surface area contributed by atoms with E-state index in [9.17, 15) is 5.11 Å². The largest absolute Gasteiger partial charge is 0.384 e. The molecule has 1 aliphatic carbocycles. The Hall–Kier alpha value is -1.60. The van der Waals surface area contributed by atoms with Crippen LogP contribution in [0.4, 0.5) is 0 Å². The summed E-state index contributed by atoms with van der Waals surface area (Å²) >= 11 is 0. The minimum Gasteiger partial charge on any atom is -0.384 e. The van der Waals surface area contributed by atoms with Crippen LogP contribution < -0.4 is 0 Å². The fourth-order valence-electron chi connectivity index (χ4n) is 3.05. The molecule has 3 rings (SSSR count). The Kier molecular flexibility index (Phi) is 3.62. The van der Waals surface area contributed by atoms with E-state index in [1.807, 2.05) is 0 Å². The Labute approximate surface area is 121 Å². The van der Waals surface area contributed by atoms with E-state index in [4.69, 9.17) is 0 Å². The molecule has 1 nitrogen and oxygen atoms in total. The van der Waals surface area contributed by atoms with Crippen LogP contribution in [-0.4, -0.2) is 5.11 Å². The minimum absolute atomic E-state index is 0.524. The highest BCUT2D eigenvalue weighted by Crippen LogP contribution is 2.36. The molecule has 1 aliphatic rings. The first-order valence-electron chi connectivity index (χ1n) is 7.49. The number of hydrogen-bond acceptors (Lipinski definition) is 1. The van der Waals surface area contributed by atoms with Crippen molar-refractivity contribution < 1.29 is 5.11 Å². The molecule has 1 atom stereocenters. The number of aryl methyl sites for hydroxylation is 2. The second-order valence-electron chi connectivity index (χ2n) is 6.12. The van der Waals surface area contributed by atoms with Crippen LogP contribution in [0.1, 0.15) is 59.1 Å². The smallest absolute Gasteiger partial charge is 0.104 e. The maximum Gasteiger partial charge on any atom is 0.104 e. The summed E-state index contributed by atoms with van der Waals surface area (Å²) in [5.74, 6) is 0.752. The molecule has 0 amide bonds. The molecule has 0 aromatic heterocycles. The highest BCUT2D eigenvalue weighted by atomic mass is 16.3. The van der Waals surface area contributed by atoms with Crippen LogP contribution in [0.15, 0.2) is 42.5 Å². The molecule has 0 spiro atoms. The Bertz CT molecular complexity index is 573. The summed E-state index contributed by atoms with van der Waals surface area (Å²) in [7, 11) is 0. The third-order valence-electron chi connectivity index (χ3n) is 4.39. The summed E-state index contributed by atoms with van der Waals surface area (Å²) in [5, 5.41) is 10.5. The summed E-state index contributed by atoms with van der Waals surface area (Å²) in [6.07, 6.45) is 3.47. The van der Waals surface area contributed by atoms with Gasteiger partial charge in [0.15, 0.2) is 0 Å². The average molecular weight is 266 g/mol. The van der Waals surface area contributed by atoms with Gasteiger partial charge in [-0.3, -0.25) is 0 Å². The summed E-state index contributed by atoms with van der Waals surface area (Å²) in [6, 6.07) is 14.8. The van der Waals surface area contributed by atoms with Crippen LogP contribution in [0.3, 0.4) is 0 Å². The van der Waals surface area contributed by atoms with E-state index in [1.54, 1.807) is 0 Å². The second-order valence-corrected chi connectivity index (χ2v) is 6.12. The normalized spacial score (nSPS) is 16.8. The molecule has 0 radical (unpaired) electrons. The second kappa shape index (κ2) is 5.41. The Morgan fingerprint density at radius 3 is 2.00 bits per heavy atom. The van der Waals surface area contributed by atoms with Crippen LogP contribution in [-0.2, 0) is 0 Å². The van der Waals surface area contributed by atoms with E-state index >= 15 is 0 Å². The van der Waals surface area contributed by atoms with Gasteiger partial charge in [-0.15, -0.1) is 0 Å². The van der Waals surface area contributed by atoms with Crippen molar-refractivity contribution in [3.8, 4) is 0 Å². The predicted octanol–water partition coefficient (Wildman–Crippen LogP) is 4.65. The van der Waals surface area contributed by atoms with Gasteiger partial charge in [0, 0.05) is 0 Å². The number of rotatable bonds is 3. The first-order chi connectivity index (χ1) is 9.63. The van der Waals surface area contributed by atoms with E-state index in [0.717, 1.165) is 17.0 Å². The van der Waals surface area contributed by atoms with Crippen molar-refractivity contribution in [1.29, 1.82) is 0 Å². The van der Waals surface area contributed by atoms with E-state index in [-0.39, 0.29) is 0 Å². The Morgan fingerprint density at radius 2 is 1.50 bits per heavy atom. The van der Waals surface area contributed by atoms with Gasteiger partial charge in [-0.1, -0.05) is 60.0 Å². The number of aliphatic hydroxyl groups is 1. The molecule has 2 aromatic carbocycles. The molecule has 1 fully saturated rings. The van der Waals surface area contributed by atoms with Crippen molar-refractivity contribution in [3.05, 3.63) is 70.3 Å². The van der Waals surface area contributed by atoms with Crippen LogP contribution in [0.2, 0.25) is 0 Å². The maximum atomic E-state index is 10.5. The first-order valence-corrected chi connectivity index (χ1v) is 7.49. The summed E-state index contributed by atoms with van der Waals surface area (Å²) < 4.78 is 0. The Balaban J connectivity index is 1.83. The highest BCUT2D eigenvalue weighted by molar-refractivity contribution is 5.37. The van der Waals surface area contributed by atoms with Gasteiger partial charge < -0.3 is 5.11 Å². The zero-order valence-corrected chi connectivity index (χ0v) is 12.3. The topological polar surface area (TPSA) is 20.2 Å². The molecule has 0 aliphatic heterocycles. The molecule has 0 bridgehead atoms. The van der Waals surface area contributed by atoms with Crippen LogP contribution >= 0.6 is 0 Å². The molecule has 1 unspecified atom stereocenters. The molecule has 1 heteroatoms. The lowest BCUT2D eigenvalue weighted by molar-refractivity contribution is 0.220. The fraction of sp³-hybridized carbons (Fsp3) is 0.368. The number of aliphatic hydroxyl groups excluding tert-OH is 1. The quantitative estimate of drug-likeness (QED) is 0.857. The fourth-order valence-corrected chi connectivity index (χ4v) is 3.05. The third kappa shape index (κ3) is 2.64. The lowest BCUT2D eigenvalue weighted by Crippen LogP contribution is -2.09. The Morgan fingerprint density at radius 1 is 0.900 bits per heavy atom. The van der Waals surface area contributed by atoms with Gasteiger partial charge in [0.25, 0.3) is 0 Å². The van der Waals surface area contributed by atoms with E-state index in [1.165, 1.54) is 36.0 Å². The first kappa shape index (κ1) is 13.4. The molecular weight excluding hydrogens is 244 g/mol. The van der Waals surface area contributed by atoms with Crippen molar-refractivity contribution in [3.63, 3.8) is 0 Å². The van der Waals surface area contributed by atoms with Crippen molar-refractivity contribution in [2.75, 3.05) is 0 Å². The van der Waals surface area contributed by atoms with Gasteiger partial charge in [-0.05, 0) is 49.3 Å². The minimum atomic E-state index is -0.524. The lowest BCUT2D eigenvalue weighted by atomic mass is 9.80. The van der Waals surface area contributed by atoms with Gasteiger partial charge in [0.1, 0.15) is 6.10 Å². The molecular formula is C19H22O.